The van der Waals surface area contributed by atoms with E-state index in [-0.39, 0.29) is 29.8 Å². The molecule has 0 unspecified atom stereocenters. The van der Waals surface area contributed by atoms with Gasteiger partial charge < -0.3 is 25.3 Å². The SMILES string of the molecule is COc1cccc2c3c(N)ncnc3n(CC(=O)N3[C@H](C(=O)Nc4nc(Br)ccc4C)C[C@@]4(C)C[C@@H]34)c12. The third-order valence-corrected chi connectivity index (χ3v) is 8.14. The predicted molar refractivity (Wildman–Crippen MR) is 143 cm³/mol. The van der Waals surface area contributed by atoms with Crippen LogP contribution in [0, 0.1) is 12.3 Å². The second-order valence-corrected chi connectivity index (χ2v) is 10.9. The van der Waals surface area contributed by atoms with Gasteiger partial charge in [-0.3, -0.25) is 9.59 Å². The summed E-state index contributed by atoms with van der Waals surface area (Å²) in [6.45, 7) is 4.00. The Morgan fingerprint density at radius 3 is 2.84 bits per heavy atom. The number of hydrogen-bond acceptors (Lipinski definition) is 7. The number of halogens is 1. The summed E-state index contributed by atoms with van der Waals surface area (Å²) in [6.07, 6.45) is 2.87. The van der Waals surface area contributed by atoms with Crippen molar-refractivity contribution < 1.29 is 14.3 Å². The van der Waals surface area contributed by atoms with Crippen molar-refractivity contribution in [3.05, 3.63) is 46.8 Å². The molecule has 1 saturated carbocycles. The zero-order valence-corrected chi connectivity index (χ0v) is 22.2. The third-order valence-electron chi connectivity index (χ3n) is 7.69. The minimum absolute atomic E-state index is 0.0126. The molecule has 11 heteroatoms. The highest BCUT2D eigenvalue weighted by atomic mass is 79.9. The highest BCUT2D eigenvalue weighted by Gasteiger charge is 2.64. The van der Waals surface area contributed by atoms with Gasteiger partial charge in [0.05, 0.1) is 18.0 Å². The summed E-state index contributed by atoms with van der Waals surface area (Å²) in [4.78, 5) is 42.1. The fraction of sp³-hybridized carbons (Fsp3) is 0.346. The van der Waals surface area contributed by atoms with Gasteiger partial charge in [0.25, 0.3) is 0 Å². The minimum atomic E-state index is -0.592. The average Bonchev–Trinajstić information content (AvgIpc) is 3.27. The fourth-order valence-electron chi connectivity index (χ4n) is 5.69. The molecule has 4 heterocycles. The lowest BCUT2D eigenvalue weighted by Crippen LogP contribution is -2.46. The van der Waals surface area contributed by atoms with Crippen LogP contribution in [-0.2, 0) is 16.1 Å². The van der Waals surface area contributed by atoms with Crippen LogP contribution in [0.1, 0.15) is 25.3 Å². The maximum absolute atomic E-state index is 13.9. The van der Waals surface area contributed by atoms with Crippen LogP contribution in [0.3, 0.4) is 0 Å². The van der Waals surface area contributed by atoms with Gasteiger partial charge in [0.2, 0.25) is 11.8 Å². The van der Waals surface area contributed by atoms with E-state index >= 15 is 0 Å². The monoisotopic (exact) mass is 563 g/mol. The Morgan fingerprint density at radius 2 is 2.05 bits per heavy atom. The average molecular weight is 564 g/mol. The number of pyridine rings is 1. The topological polar surface area (TPSA) is 128 Å². The maximum Gasteiger partial charge on any atom is 0.248 e. The number of aromatic nitrogens is 4. The summed E-state index contributed by atoms with van der Waals surface area (Å²) in [5.74, 6) is 1.02. The Labute approximate surface area is 221 Å². The van der Waals surface area contributed by atoms with Crippen molar-refractivity contribution in [2.24, 2.45) is 5.41 Å². The highest BCUT2D eigenvalue weighted by molar-refractivity contribution is 9.10. The van der Waals surface area contributed by atoms with E-state index < -0.39 is 6.04 Å². The number of carbonyl (C=O) groups is 2. The number of amides is 2. The summed E-state index contributed by atoms with van der Waals surface area (Å²) in [6, 6.07) is 8.75. The molecule has 0 radical (unpaired) electrons. The number of rotatable bonds is 5. The molecule has 2 amide bonds. The molecular formula is C26H26BrN7O3. The highest BCUT2D eigenvalue weighted by Crippen LogP contribution is 2.59. The first-order chi connectivity index (χ1) is 17.7. The van der Waals surface area contributed by atoms with Gasteiger partial charge in [0.1, 0.15) is 46.5 Å². The zero-order valence-electron chi connectivity index (χ0n) is 20.7. The van der Waals surface area contributed by atoms with E-state index in [4.69, 9.17) is 10.5 Å². The number of nitrogens with one attached hydrogen (secondary N) is 1. The van der Waals surface area contributed by atoms with Crippen LogP contribution in [0.15, 0.2) is 41.3 Å². The van der Waals surface area contributed by atoms with Gasteiger partial charge in [0, 0.05) is 11.4 Å². The van der Waals surface area contributed by atoms with Crippen LogP contribution >= 0.6 is 15.9 Å². The molecule has 1 aliphatic carbocycles. The molecule has 1 aliphatic heterocycles. The second-order valence-electron chi connectivity index (χ2n) is 10.1. The van der Waals surface area contributed by atoms with E-state index in [1.165, 1.54) is 6.33 Å². The fourth-order valence-corrected chi connectivity index (χ4v) is 6.00. The van der Waals surface area contributed by atoms with Gasteiger partial charge in [0.15, 0.2) is 0 Å². The molecule has 0 spiro atoms. The number of nitrogens with zero attached hydrogens (tertiary/aromatic N) is 5. The van der Waals surface area contributed by atoms with Crippen LogP contribution < -0.4 is 15.8 Å². The number of nitrogens with two attached hydrogens (primary N) is 1. The number of aryl methyl sites for hydroxylation is 1. The Balaban J connectivity index is 1.37. The molecule has 2 aliphatic rings. The van der Waals surface area contributed by atoms with Crippen LogP contribution in [0.5, 0.6) is 5.75 Å². The van der Waals surface area contributed by atoms with Crippen LogP contribution in [0.25, 0.3) is 21.9 Å². The Kier molecular flexibility index (Phi) is 5.37. The molecule has 1 aromatic carbocycles. The first-order valence-corrected chi connectivity index (χ1v) is 12.8. The van der Waals surface area contributed by atoms with E-state index in [2.05, 4.69) is 43.1 Å². The summed E-state index contributed by atoms with van der Waals surface area (Å²) in [7, 11) is 1.59. The first-order valence-electron chi connectivity index (χ1n) is 12.0. The van der Waals surface area contributed by atoms with Gasteiger partial charge in [-0.05, 0) is 58.8 Å². The smallest absolute Gasteiger partial charge is 0.248 e. The summed E-state index contributed by atoms with van der Waals surface area (Å²) in [5, 5.41) is 4.42. The second kappa shape index (κ2) is 8.41. The van der Waals surface area contributed by atoms with Gasteiger partial charge >= 0.3 is 0 Å². The molecule has 3 N–H and O–H groups in total. The Morgan fingerprint density at radius 1 is 1.24 bits per heavy atom. The van der Waals surface area contributed by atoms with Crippen molar-refractivity contribution in [3.63, 3.8) is 0 Å². The van der Waals surface area contributed by atoms with Crippen LogP contribution in [0.4, 0.5) is 11.6 Å². The predicted octanol–water partition coefficient (Wildman–Crippen LogP) is 3.66. The standard InChI is InChI=1S/C26H26BrN7O3/c1-13-7-8-18(27)31-23(13)32-25(36)15-9-26(2)10-17(26)34(15)19(35)11-33-21-14(5-4-6-16(21)37-3)20-22(28)29-12-30-24(20)33/h4-8,12,15,17H,9-11H2,1-3H3,(H2,28,29,30)(H,31,32,36)/t15-,17+,26-/m0/s1. The molecule has 190 valence electrons. The summed E-state index contributed by atoms with van der Waals surface area (Å²) >= 11 is 3.36. The quantitative estimate of drug-likeness (QED) is 0.354. The first kappa shape index (κ1) is 23.7. The van der Waals surface area contributed by atoms with Gasteiger partial charge in [-0.25, -0.2) is 15.0 Å². The minimum Gasteiger partial charge on any atom is -0.495 e. The lowest BCUT2D eigenvalue weighted by Gasteiger charge is -2.27. The number of carbonyl (C=O) groups excluding carboxylic acids is 2. The molecular weight excluding hydrogens is 538 g/mol. The summed E-state index contributed by atoms with van der Waals surface area (Å²) in [5.41, 5.74) is 8.27. The normalized spacial score (nSPS) is 22.3. The van der Waals surface area contributed by atoms with Crippen LogP contribution in [0.2, 0.25) is 0 Å². The number of fused-ring (bicyclic) bond motifs is 4. The molecule has 6 rings (SSSR count). The molecule has 0 bridgehead atoms. The number of nitrogen functional groups attached to an aromatic ring is 1. The van der Waals surface area contributed by atoms with Crippen molar-refractivity contribution >= 4 is 61.3 Å². The van der Waals surface area contributed by atoms with E-state index in [1.807, 2.05) is 41.8 Å². The Hall–Kier alpha value is -3.73. The molecule has 3 atom stereocenters. The van der Waals surface area contributed by atoms with Gasteiger partial charge in [-0.1, -0.05) is 25.1 Å². The number of piperidine rings is 1. The number of benzene rings is 1. The number of anilines is 2. The maximum atomic E-state index is 13.9. The van der Waals surface area contributed by atoms with Crippen molar-refractivity contribution in [3.8, 4) is 5.75 Å². The summed E-state index contributed by atoms with van der Waals surface area (Å²) < 4.78 is 8.07. The lowest BCUT2D eigenvalue weighted by molar-refractivity contribution is -0.138. The molecule has 2 fully saturated rings. The zero-order chi connectivity index (χ0) is 26.1. The number of para-hydroxylation sites is 1. The van der Waals surface area contributed by atoms with E-state index in [9.17, 15) is 9.59 Å². The molecule has 4 aromatic rings. The molecule has 3 aromatic heterocycles. The molecule has 1 saturated heterocycles. The van der Waals surface area contributed by atoms with E-state index in [1.54, 1.807) is 12.0 Å². The largest absolute Gasteiger partial charge is 0.495 e. The number of hydrogen-bond donors (Lipinski definition) is 2. The molecule has 37 heavy (non-hydrogen) atoms. The number of ether oxygens (including phenoxy) is 1. The lowest BCUT2D eigenvalue weighted by atomic mass is 10.0. The van der Waals surface area contributed by atoms with Crippen molar-refractivity contribution in [1.82, 2.24) is 24.4 Å². The number of likely N-dealkylation sites (tertiary alicyclic amines) is 1. The number of methoxy groups -OCH3 is 1. The van der Waals surface area contributed by atoms with E-state index in [0.29, 0.717) is 45.0 Å². The van der Waals surface area contributed by atoms with Crippen molar-refractivity contribution in [2.45, 2.75) is 45.3 Å². The molecule has 10 nitrogen and oxygen atoms in total. The van der Waals surface area contributed by atoms with Gasteiger partial charge in [-0.2, -0.15) is 0 Å². The van der Waals surface area contributed by atoms with E-state index in [0.717, 1.165) is 17.4 Å². The van der Waals surface area contributed by atoms with Crippen LogP contribution in [-0.4, -0.2) is 55.4 Å². The van der Waals surface area contributed by atoms with Gasteiger partial charge in [-0.15, -0.1) is 0 Å². The Bertz CT molecular complexity index is 1600. The third kappa shape index (κ3) is 3.71. The van der Waals surface area contributed by atoms with Crippen molar-refractivity contribution in [1.29, 1.82) is 0 Å². The van der Waals surface area contributed by atoms with Crippen molar-refractivity contribution in [2.75, 3.05) is 18.2 Å².